The normalized spacial score (nSPS) is 15.1. The number of rotatable bonds is 8. The highest BCUT2D eigenvalue weighted by molar-refractivity contribution is 7.91. The van der Waals surface area contributed by atoms with Crippen LogP contribution in [0.15, 0.2) is 52.9 Å². The third-order valence-electron chi connectivity index (χ3n) is 5.83. The number of carbonyl (C=O) groups is 1. The van der Waals surface area contributed by atoms with Gasteiger partial charge >= 0.3 is 0 Å². The molecular weight excluding hydrogens is 492 g/mol. The van der Waals surface area contributed by atoms with Crippen LogP contribution in [0.5, 0.6) is 0 Å². The summed E-state index contributed by atoms with van der Waals surface area (Å²) in [4.78, 5) is 27.5. The number of anilines is 2. The number of nitrogens with zero attached hydrogens (tertiary/aromatic N) is 3. The Morgan fingerprint density at radius 1 is 1.20 bits per heavy atom. The number of piperidine rings is 1. The minimum atomic E-state index is -3.73. The van der Waals surface area contributed by atoms with Crippen LogP contribution in [-0.4, -0.2) is 47.7 Å². The number of nitrogen functional groups attached to an aromatic ring is 1. The average molecular weight is 517 g/mol. The molecule has 0 unspecified atom stereocenters. The van der Waals surface area contributed by atoms with Gasteiger partial charge < -0.3 is 16.8 Å². The summed E-state index contributed by atoms with van der Waals surface area (Å²) in [5.74, 6) is -0.195. The number of thiophene rings is 1. The highest BCUT2D eigenvalue weighted by Gasteiger charge is 2.31. The number of nitrogens with one attached hydrogen (secondary N) is 1. The molecule has 1 aliphatic rings. The molecule has 0 bridgehead atoms. The Kier molecular flexibility index (Phi) is 7.00. The van der Waals surface area contributed by atoms with Crippen LogP contribution >= 0.6 is 11.3 Å². The third-order valence-corrected chi connectivity index (χ3v) is 9.28. The largest absolute Gasteiger partial charge is 0.396 e. The standard InChI is InChI=1S/C22H24N6O5S2/c23-18-4-2-10-25-22(18)26-14-8-11-27(12-9-14)35(32,33)20-7-6-15(34-20)13-17-16(21(24)29)3-1-5-19(17)28(30)31/h1-7,10,14H,8-9,11-13,23H2,(H2,24,29)(H,25,26). The zero-order chi connectivity index (χ0) is 25.2. The van der Waals surface area contributed by atoms with Gasteiger partial charge in [-0.2, -0.15) is 4.31 Å². The van der Waals surface area contributed by atoms with E-state index in [0.29, 0.717) is 42.3 Å². The van der Waals surface area contributed by atoms with E-state index in [1.54, 1.807) is 24.4 Å². The Labute approximate surface area is 206 Å². The summed E-state index contributed by atoms with van der Waals surface area (Å²) in [7, 11) is -3.73. The molecule has 13 heteroatoms. The van der Waals surface area contributed by atoms with Crippen LogP contribution in [0.3, 0.4) is 0 Å². The molecule has 0 aliphatic carbocycles. The maximum absolute atomic E-state index is 13.2. The molecule has 0 spiro atoms. The van der Waals surface area contributed by atoms with Gasteiger partial charge in [0.25, 0.3) is 15.7 Å². The summed E-state index contributed by atoms with van der Waals surface area (Å²) in [6.07, 6.45) is 2.84. The van der Waals surface area contributed by atoms with Crippen molar-refractivity contribution in [2.24, 2.45) is 5.73 Å². The second-order valence-electron chi connectivity index (χ2n) is 8.09. The first-order valence-corrected chi connectivity index (χ1v) is 13.0. The molecule has 3 aromatic rings. The fourth-order valence-electron chi connectivity index (χ4n) is 4.03. The van der Waals surface area contributed by atoms with E-state index in [4.69, 9.17) is 11.5 Å². The van der Waals surface area contributed by atoms with E-state index in [2.05, 4.69) is 10.3 Å². The third kappa shape index (κ3) is 5.26. The molecule has 1 aliphatic heterocycles. The van der Waals surface area contributed by atoms with Crippen LogP contribution < -0.4 is 16.8 Å². The molecule has 4 rings (SSSR count). The number of carbonyl (C=O) groups excluding carboxylic acids is 1. The number of hydrogen-bond donors (Lipinski definition) is 3. The number of amides is 1. The molecule has 2 aromatic heterocycles. The van der Waals surface area contributed by atoms with E-state index in [0.717, 1.165) is 11.3 Å². The fourth-order valence-corrected chi connectivity index (χ4v) is 7.02. The van der Waals surface area contributed by atoms with Gasteiger partial charge in [-0.25, -0.2) is 13.4 Å². The Morgan fingerprint density at radius 3 is 2.60 bits per heavy atom. The number of primary amides is 1. The van der Waals surface area contributed by atoms with Gasteiger partial charge in [0.05, 0.1) is 10.6 Å². The van der Waals surface area contributed by atoms with Gasteiger partial charge in [0.15, 0.2) is 0 Å². The van der Waals surface area contributed by atoms with E-state index < -0.39 is 20.9 Å². The topological polar surface area (TPSA) is 175 Å². The van der Waals surface area contributed by atoms with E-state index in [1.807, 2.05) is 0 Å². The van der Waals surface area contributed by atoms with Crippen LogP contribution in [0.2, 0.25) is 0 Å². The maximum atomic E-state index is 13.2. The number of pyridine rings is 1. The van der Waals surface area contributed by atoms with Gasteiger partial charge in [0.1, 0.15) is 10.0 Å². The Balaban J connectivity index is 1.47. The molecule has 0 radical (unpaired) electrons. The lowest BCUT2D eigenvalue weighted by Crippen LogP contribution is -2.42. The van der Waals surface area contributed by atoms with E-state index in [1.165, 1.54) is 28.6 Å². The summed E-state index contributed by atoms with van der Waals surface area (Å²) in [6.45, 7) is 0.659. The molecule has 35 heavy (non-hydrogen) atoms. The van der Waals surface area contributed by atoms with E-state index in [-0.39, 0.29) is 33.5 Å². The SMILES string of the molecule is NC(=O)c1cccc([N+](=O)[O-])c1Cc1ccc(S(=O)(=O)N2CCC(Nc3ncccc3N)CC2)s1. The summed E-state index contributed by atoms with van der Waals surface area (Å²) in [5.41, 5.74) is 11.8. The summed E-state index contributed by atoms with van der Waals surface area (Å²) < 4.78 is 28.0. The summed E-state index contributed by atoms with van der Waals surface area (Å²) >= 11 is 1.03. The molecule has 1 saturated heterocycles. The highest BCUT2D eigenvalue weighted by Crippen LogP contribution is 2.32. The Bertz CT molecular complexity index is 1330. The van der Waals surface area contributed by atoms with Crippen molar-refractivity contribution in [3.63, 3.8) is 0 Å². The molecule has 3 heterocycles. The second kappa shape index (κ2) is 9.98. The van der Waals surface area contributed by atoms with Gasteiger partial charge in [0.2, 0.25) is 5.91 Å². The van der Waals surface area contributed by atoms with Gasteiger partial charge in [-0.3, -0.25) is 14.9 Å². The van der Waals surface area contributed by atoms with Gasteiger partial charge in [0, 0.05) is 53.8 Å². The molecule has 0 atom stereocenters. The number of nitro benzene ring substituents is 1. The second-order valence-corrected chi connectivity index (χ2v) is 11.4. The van der Waals surface area contributed by atoms with Crippen molar-refractivity contribution in [1.82, 2.24) is 9.29 Å². The van der Waals surface area contributed by atoms with Crippen LogP contribution in [0.25, 0.3) is 0 Å². The number of nitro groups is 1. The minimum Gasteiger partial charge on any atom is -0.396 e. The predicted molar refractivity (Wildman–Crippen MR) is 133 cm³/mol. The first-order valence-electron chi connectivity index (χ1n) is 10.8. The first-order chi connectivity index (χ1) is 16.7. The molecule has 0 saturated carbocycles. The van der Waals surface area contributed by atoms with Crippen molar-refractivity contribution in [1.29, 1.82) is 0 Å². The molecule has 1 fully saturated rings. The fraction of sp³-hybridized carbons (Fsp3) is 0.273. The monoisotopic (exact) mass is 516 g/mol. The van der Waals surface area contributed by atoms with Crippen molar-refractivity contribution >= 4 is 44.5 Å². The van der Waals surface area contributed by atoms with Crippen molar-refractivity contribution in [3.8, 4) is 0 Å². The zero-order valence-electron chi connectivity index (χ0n) is 18.6. The number of nitrogens with two attached hydrogens (primary N) is 2. The highest BCUT2D eigenvalue weighted by atomic mass is 32.2. The van der Waals surface area contributed by atoms with Crippen molar-refractivity contribution in [3.05, 3.63) is 74.8 Å². The number of benzene rings is 1. The van der Waals surface area contributed by atoms with Crippen LogP contribution in [0.1, 0.15) is 33.6 Å². The van der Waals surface area contributed by atoms with E-state index in [9.17, 15) is 23.3 Å². The van der Waals surface area contributed by atoms with Crippen molar-refractivity contribution in [2.75, 3.05) is 24.1 Å². The Morgan fingerprint density at radius 2 is 1.94 bits per heavy atom. The minimum absolute atomic E-state index is 0.0209. The van der Waals surface area contributed by atoms with Crippen LogP contribution in [-0.2, 0) is 16.4 Å². The lowest BCUT2D eigenvalue weighted by molar-refractivity contribution is -0.385. The van der Waals surface area contributed by atoms with Crippen molar-refractivity contribution in [2.45, 2.75) is 29.5 Å². The lowest BCUT2D eigenvalue weighted by atomic mass is 10.0. The molecule has 1 amide bonds. The maximum Gasteiger partial charge on any atom is 0.273 e. The number of hydrogen-bond acceptors (Lipinski definition) is 9. The first kappa shape index (κ1) is 24.6. The van der Waals surface area contributed by atoms with Crippen LogP contribution in [0, 0.1) is 10.1 Å². The Hall–Kier alpha value is -3.55. The molecular formula is C22H24N6O5S2. The molecule has 184 valence electrons. The van der Waals surface area contributed by atoms with E-state index >= 15 is 0 Å². The van der Waals surface area contributed by atoms with Crippen LogP contribution in [0.4, 0.5) is 17.2 Å². The lowest BCUT2D eigenvalue weighted by Gasteiger charge is -2.31. The smallest absolute Gasteiger partial charge is 0.273 e. The van der Waals surface area contributed by atoms with Gasteiger partial charge in [-0.05, 0) is 43.2 Å². The average Bonchev–Trinajstić information content (AvgIpc) is 3.30. The van der Waals surface area contributed by atoms with Gasteiger partial charge in [-0.1, -0.05) is 6.07 Å². The summed E-state index contributed by atoms with van der Waals surface area (Å²) in [6, 6.07) is 10.8. The quantitative estimate of drug-likeness (QED) is 0.302. The number of sulfonamides is 1. The zero-order valence-corrected chi connectivity index (χ0v) is 20.2. The molecule has 1 aromatic carbocycles. The number of aromatic nitrogens is 1. The molecule has 5 N–H and O–H groups in total. The van der Waals surface area contributed by atoms with Crippen molar-refractivity contribution < 1.29 is 18.1 Å². The predicted octanol–water partition coefficient (Wildman–Crippen LogP) is 2.59. The summed E-state index contributed by atoms with van der Waals surface area (Å²) in [5, 5.41) is 14.7. The molecule has 11 nitrogen and oxygen atoms in total. The van der Waals surface area contributed by atoms with Gasteiger partial charge in [-0.15, -0.1) is 11.3 Å².